The second-order valence-electron chi connectivity index (χ2n) is 5.57. The van der Waals surface area contributed by atoms with E-state index in [0.717, 1.165) is 12.1 Å². The summed E-state index contributed by atoms with van der Waals surface area (Å²) in [5, 5.41) is 3.34. The maximum atomic E-state index is 13.2. The Bertz CT molecular complexity index is 712. The Hall–Kier alpha value is -2.31. The minimum absolute atomic E-state index is 0. The first-order chi connectivity index (χ1) is 11.7. The molecule has 1 aliphatic heterocycles. The molecule has 0 saturated carbocycles. The summed E-state index contributed by atoms with van der Waals surface area (Å²) in [6.45, 7) is 2.08. The van der Waals surface area contributed by atoms with Crippen LogP contribution in [0.2, 0.25) is 0 Å². The van der Waals surface area contributed by atoms with Crippen LogP contribution in [0, 0.1) is 0 Å². The van der Waals surface area contributed by atoms with Crippen molar-refractivity contribution in [2.75, 3.05) is 33.9 Å². The highest BCUT2D eigenvalue weighted by Crippen LogP contribution is 2.29. The normalized spacial score (nSPS) is 16.7. The lowest BCUT2D eigenvalue weighted by atomic mass is 10.0. The zero-order chi connectivity index (χ0) is 16.9. The second kappa shape index (κ2) is 8.69. The van der Waals surface area contributed by atoms with Gasteiger partial charge in [0.05, 0.1) is 25.8 Å². The molecule has 2 heterocycles. The fraction of sp³-hybridized carbons (Fsp3) is 0.333. The molecule has 0 bridgehead atoms. The van der Waals surface area contributed by atoms with Crippen molar-refractivity contribution in [1.82, 2.24) is 15.2 Å². The molecule has 0 aliphatic carbocycles. The monoisotopic (exact) mass is 363 g/mol. The van der Waals surface area contributed by atoms with Crippen LogP contribution in [-0.2, 0) is 0 Å². The molecule has 7 heteroatoms. The smallest absolute Gasteiger partial charge is 0.258 e. The van der Waals surface area contributed by atoms with Crippen molar-refractivity contribution in [2.45, 2.75) is 6.04 Å². The SMILES string of the molecule is COc1ccc(OC)c(C(=O)N2CCNCC2c2cccnc2)c1.Cl. The minimum atomic E-state index is -0.0684. The van der Waals surface area contributed by atoms with E-state index in [1.165, 1.54) is 0 Å². The highest BCUT2D eigenvalue weighted by molar-refractivity contribution is 5.97. The number of methoxy groups -OCH3 is 2. The van der Waals surface area contributed by atoms with Crippen LogP contribution >= 0.6 is 12.4 Å². The van der Waals surface area contributed by atoms with Gasteiger partial charge in [0.25, 0.3) is 5.91 Å². The van der Waals surface area contributed by atoms with E-state index in [-0.39, 0.29) is 24.4 Å². The molecule has 1 fully saturated rings. The molecule has 0 radical (unpaired) electrons. The lowest BCUT2D eigenvalue weighted by molar-refractivity contribution is 0.0630. The first-order valence-electron chi connectivity index (χ1n) is 7.88. The molecule has 0 spiro atoms. The second-order valence-corrected chi connectivity index (χ2v) is 5.57. The van der Waals surface area contributed by atoms with E-state index in [9.17, 15) is 4.79 Å². The number of piperazine rings is 1. The third-order valence-corrected chi connectivity index (χ3v) is 4.21. The van der Waals surface area contributed by atoms with Gasteiger partial charge in [-0.2, -0.15) is 0 Å². The van der Waals surface area contributed by atoms with Crippen molar-refractivity contribution < 1.29 is 14.3 Å². The van der Waals surface area contributed by atoms with E-state index in [0.29, 0.717) is 30.2 Å². The molecule has 1 unspecified atom stereocenters. The summed E-state index contributed by atoms with van der Waals surface area (Å²) in [5.74, 6) is 1.11. The number of rotatable bonds is 4. The number of amides is 1. The van der Waals surface area contributed by atoms with E-state index in [2.05, 4.69) is 10.3 Å². The molecular weight excluding hydrogens is 342 g/mol. The molecular formula is C18H22ClN3O3. The van der Waals surface area contributed by atoms with Crippen LogP contribution in [0.5, 0.6) is 11.5 Å². The van der Waals surface area contributed by atoms with Gasteiger partial charge in [0, 0.05) is 32.0 Å². The molecule has 1 aliphatic rings. The lowest BCUT2D eigenvalue weighted by Crippen LogP contribution is -2.48. The maximum absolute atomic E-state index is 13.2. The molecule has 3 rings (SSSR count). The van der Waals surface area contributed by atoms with Gasteiger partial charge in [-0.15, -0.1) is 12.4 Å². The molecule has 2 aromatic rings. The van der Waals surface area contributed by atoms with Gasteiger partial charge in [0.15, 0.2) is 0 Å². The van der Waals surface area contributed by atoms with Gasteiger partial charge in [-0.05, 0) is 29.8 Å². The first kappa shape index (κ1) is 19.0. The topological polar surface area (TPSA) is 63.7 Å². The molecule has 1 aromatic carbocycles. The first-order valence-corrected chi connectivity index (χ1v) is 7.88. The van der Waals surface area contributed by atoms with E-state index >= 15 is 0 Å². The summed E-state index contributed by atoms with van der Waals surface area (Å²) in [7, 11) is 3.15. The highest BCUT2D eigenvalue weighted by atomic mass is 35.5. The van der Waals surface area contributed by atoms with E-state index in [4.69, 9.17) is 9.47 Å². The Morgan fingerprint density at radius 3 is 2.80 bits per heavy atom. The number of ether oxygens (including phenoxy) is 2. The summed E-state index contributed by atoms with van der Waals surface area (Å²) in [4.78, 5) is 19.2. The van der Waals surface area contributed by atoms with Gasteiger partial charge in [-0.3, -0.25) is 9.78 Å². The van der Waals surface area contributed by atoms with Crippen LogP contribution < -0.4 is 14.8 Å². The Kier molecular flexibility index (Phi) is 6.61. The molecule has 1 atom stereocenters. The van der Waals surface area contributed by atoms with Gasteiger partial charge in [-0.1, -0.05) is 6.07 Å². The summed E-state index contributed by atoms with van der Waals surface area (Å²) in [6, 6.07) is 9.09. The zero-order valence-electron chi connectivity index (χ0n) is 14.3. The maximum Gasteiger partial charge on any atom is 0.258 e. The van der Waals surface area contributed by atoms with Gasteiger partial charge >= 0.3 is 0 Å². The highest BCUT2D eigenvalue weighted by Gasteiger charge is 2.30. The largest absolute Gasteiger partial charge is 0.497 e. The molecule has 25 heavy (non-hydrogen) atoms. The third kappa shape index (κ3) is 4.03. The number of carbonyl (C=O) groups is 1. The fourth-order valence-corrected chi connectivity index (χ4v) is 2.95. The van der Waals surface area contributed by atoms with Crippen LogP contribution in [0.25, 0.3) is 0 Å². The standard InChI is InChI=1S/C18H21N3O3.ClH/c1-23-14-5-6-17(24-2)15(10-14)18(22)21-9-8-20-12-16(21)13-4-3-7-19-11-13;/h3-7,10-11,16,20H,8-9,12H2,1-2H3;1H. The Morgan fingerprint density at radius 1 is 1.28 bits per heavy atom. The summed E-state index contributed by atoms with van der Waals surface area (Å²) in [5.41, 5.74) is 1.52. The summed E-state index contributed by atoms with van der Waals surface area (Å²) < 4.78 is 10.6. The average Bonchev–Trinajstić information content (AvgIpc) is 2.67. The number of halogens is 1. The average molecular weight is 364 g/mol. The van der Waals surface area contributed by atoms with Crippen molar-refractivity contribution in [3.8, 4) is 11.5 Å². The molecule has 6 nitrogen and oxygen atoms in total. The summed E-state index contributed by atoms with van der Waals surface area (Å²) in [6.07, 6.45) is 3.54. The number of nitrogens with zero attached hydrogens (tertiary/aromatic N) is 2. The van der Waals surface area contributed by atoms with Crippen LogP contribution in [0.1, 0.15) is 22.0 Å². The molecule has 1 saturated heterocycles. The quantitative estimate of drug-likeness (QED) is 0.903. The van der Waals surface area contributed by atoms with Gasteiger partial charge in [0.1, 0.15) is 11.5 Å². The van der Waals surface area contributed by atoms with E-state index in [1.54, 1.807) is 44.8 Å². The van der Waals surface area contributed by atoms with Crippen LogP contribution in [-0.4, -0.2) is 49.6 Å². The molecule has 1 amide bonds. The summed E-state index contributed by atoms with van der Waals surface area (Å²) >= 11 is 0. The predicted molar refractivity (Wildman–Crippen MR) is 97.7 cm³/mol. The Balaban J connectivity index is 0.00000225. The van der Waals surface area contributed by atoms with E-state index in [1.807, 2.05) is 17.0 Å². The fourth-order valence-electron chi connectivity index (χ4n) is 2.95. The third-order valence-electron chi connectivity index (χ3n) is 4.21. The van der Waals surface area contributed by atoms with Gasteiger partial charge in [0.2, 0.25) is 0 Å². The molecule has 1 N–H and O–H groups in total. The van der Waals surface area contributed by atoms with Crippen molar-refractivity contribution in [1.29, 1.82) is 0 Å². The van der Waals surface area contributed by atoms with Crippen molar-refractivity contribution >= 4 is 18.3 Å². The van der Waals surface area contributed by atoms with Crippen molar-refractivity contribution in [3.05, 3.63) is 53.9 Å². The van der Waals surface area contributed by atoms with Gasteiger partial charge < -0.3 is 19.7 Å². The number of aromatic nitrogens is 1. The van der Waals surface area contributed by atoms with Crippen molar-refractivity contribution in [2.24, 2.45) is 0 Å². The number of hydrogen-bond donors (Lipinski definition) is 1. The number of hydrogen-bond acceptors (Lipinski definition) is 5. The van der Waals surface area contributed by atoms with Crippen LogP contribution in [0.4, 0.5) is 0 Å². The lowest BCUT2D eigenvalue weighted by Gasteiger charge is -2.36. The number of benzene rings is 1. The zero-order valence-corrected chi connectivity index (χ0v) is 15.1. The number of nitrogens with one attached hydrogen (secondary N) is 1. The van der Waals surface area contributed by atoms with E-state index < -0.39 is 0 Å². The molecule has 1 aromatic heterocycles. The van der Waals surface area contributed by atoms with Gasteiger partial charge in [-0.25, -0.2) is 0 Å². The number of pyridine rings is 1. The molecule has 134 valence electrons. The number of carbonyl (C=O) groups excluding carboxylic acids is 1. The Labute approximate surface area is 153 Å². The van der Waals surface area contributed by atoms with Crippen LogP contribution in [0.3, 0.4) is 0 Å². The predicted octanol–water partition coefficient (Wildman–Crippen LogP) is 2.31. The minimum Gasteiger partial charge on any atom is -0.497 e. The Morgan fingerprint density at radius 2 is 2.12 bits per heavy atom. The van der Waals surface area contributed by atoms with Crippen molar-refractivity contribution in [3.63, 3.8) is 0 Å². The van der Waals surface area contributed by atoms with Crippen LogP contribution in [0.15, 0.2) is 42.7 Å².